The predicted octanol–water partition coefficient (Wildman–Crippen LogP) is 3.21. The van der Waals surface area contributed by atoms with Crippen LogP contribution < -0.4 is 11.1 Å². The molecule has 0 unspecified atom stereocenters. The second kappa shape index (κ2) is 4.97. The van der Waals surface area contributed by atoms with Crippen molar-refractivity contribution in [3.8, 4) is 0 Å². The lowest BCUT2D eigenvalue weighted by molar-refractivity contribution is 0.315. The van der Waals surface area contributed by atoms with Crippen LogP contribution in [0, 0.1) is 5.82 Å². The third kappa shape index (κ3) is 2.37. The van der Waals surface area contributed by atoms with Gasteiger partial charge in [0.15, 0.2) is 5.52 Å². The number of fused-ring (bicyclic) bond motifs is 1. The van der Waals surface area contributed by atoms with Gasteiger partial charge in [-0.2, -0.15) is 0 Å². The van der Waals surface area contributed by atoms with Gasteiger partial charge < -0.3 is 11.1 Å². The number of anilines is 2. The number of hydrogen-bond acceptors (Lipinski definition) is 5. The smallest absolute Gasteiger partial charge is 0.160 e. The van der Waals surface area contributed by atoms with Crippen LogP contribution >= 0.6 is 11.6 Å². The van der Waals surface area contributed by atoms with Gasteiger partial charge in [-0.25, -0.2) is 9.02 Å². The molecule has 20 heavy (non-hydrogen) atoms. The van der Waals surface area contributed by atoms with Gasteiger partial charge in [-0.3, -0.25) is 0 Å². The first-order valence-corrected chi connectivity index (χ1v) is 6.21. The Morgan fingerprint density at radius 2 is 2.10 bits per heavy atom. The summed E-state index contributed by atoms with van der Waals surface area (Å²) in [7, 11) is 0. The molecule has 0 atom stereocenters. The Kier molecular flexibility index (Phi) is 3.15. The van der Waals surface area contributed by atoms with E-state index in [1.165, 1.54) is 12.1 Å². The van der Waals surface area contributed by atoms with Crippen molar-refractivity contribution in [2.24, 2.45) is 0 Å². The van der Waals surface area contributed by atoms with E-state index < -0.39 is 0 Å². The number of aromatic nitrogens is 2. The van der Waals surface area contributed by atoms with E-state index in [0.717, 1.165) is 0 Å². The van der Waals surface area contributed by atoms with Crippen molar-refractivity contribution in [3.63, 3.8) is 0 Å². The third-order valence-corrected chi connectivity index (χ3v) is 3.09. The Balaban J connectivity index is 1.84. The highest BCUT2D eigenvalue weighted by atomic mass is 35.5. The number of nitrogens with zero attached hydrogens (tertiary/aromatic N) is 2. The van der Waals surface area contributed by atoms with E-state index in [1.807, 2.05) is 0 Å². The molecule has 0 saturated carbocycles. The van der Waals surface area contributed by atoms with Gasteiger partial charge in [0.25, 0.3) is 0 Å². The fourth-order valence-electron chi connectivity index (χ4n) is 1.94. The minimum Gasteiger partial charge on any atom is -0.395 e. The first-order valence-electron chi connectivity index (χ1n) is 5.83. The lowest BCUT2D eigenvalue weighted by Gasteiger charge is -2.09. The molecule has 0 bridgehead atoms. The maximum absolute atomic E-state index is 13.2. The second-order valence-electron chi connectivity index (χ2n) is 4.29. The molecule has 0 aliphatic carbocycles. The summed E-state index contributed by atoms with van der Waals surface area (Å²) in [5, 5.41) is 10.9. The van der Waals surface area contributed by atoms with Crippen molar-refractivity contribution in [3.05, 3.63) is 46.7 Å². The van der Waals surface area contributed by atoms with Crippen molar-refractivity contribution in [2.75, 3.05) is 11.1 Å². The van der Waals surface area contributed by atoms with Gasteiger partial charge in [-0.15, -0.1) is 0 Å². The average molecular weight is 293 g/mol. The van der Waals surface area contributed by atoms with Crippen LogP contribution in [0.5, 0.6) is 0 Å². The molecule has 3 aromatic rings. The summed E-state index contributed by atoms with van der Waals surface area (Å²) in [5.74, 6) is -0.376. The predicted molar refractivity (Wildman–Crippen MR) is 75.0 cm³/mol. The van der Waals surface area contributed by atoms with Gasteiger partial charge in [-0.1, -0.05) is 11.6 Å². The molecule has 1 heterocycles. The Morgan fingerprint density at radius 3 is 2.90 bits per heavy atom. The van der Waals surface area contributed by atoms with E-state index in [2.05, 4.69) is 20.3 Å². The first-order chi connectivity index (χ1) is 9.63. The molecule has 7 heteroatoms. The molecular formula is C13H10ClFN4O. The molecular weight excluding hydrogens is 283 g/mol. The number of nitrogens with one attached hydrogen (secondary N) is 1. The molecule has 0 spiro atoms. The lowest BCUT2D eigenvalue weighted by Crippen LogP contribution is -2.03. The number of nitrogen functional groups attached to an aromatic ring is 1. The van der Waals surface area contributed by atoms with Gasteiger partial charge in [0.1, 0.15) is 11.3 Å². The highest BCUT2D eigenvalue weighted by molar-refractivity contribution is 6.30. The molecule has 102 valence electrons. The van der Waals surface area contributed by atoms with Gasteiger partial charge >= 0.3 is 0 Å². The van der Waals surface area contributed by atoms with Crippen LogP contribution in [0.15, 0.2) is 35.0 Å². The zero-order chi connectivity index (χ0) is 14.1. The van der Waals surface area contributed by atoms with E-state index in [9.17, 15) is 4.39 Å². The van der Waals surface area contributed by atoms with E-state index in [1.54, 1.807) is 18.2 Å². The summed E-state index contributed by atoms with van der Waals surface area (Å²) in [6, 6.07) is 7.85. The zero-order valence-electron chi connectivity index (χ0n) is 10.2. The average Bonchev–Trinajstić information content (AvgIpc) is 2.86. The molecule has 0 amide bonds. The summed E-state index contributed by atoms with van der Waals surface area (Å²) in [6.45, 7) is 0.387. The summed E-state index contributed by atoms with van der Waals surface area (Å²) >= 11 is 5.80. The summed E-state index contributed by atoms with van der Waals surface area (Å²) < 4.78 is 17.9. The van der Waals surface area contributed by atoms with Crippen LogP contribution in [0.1, 0.15) is 5.56 Å². The molecule has 3 rings (SSSR count). The maximum Gasteiger partial charge on any atom is 0.160 e. The summed E-state index contributed by atoms with van der Waals surface area (Å²) in [6.07, 6.45) is 0. The topological polar surface area (TPSA) is 77.0 Å². The summed E-state index contributed by atoms with van der Waals surface area (Å²) in [5.41, 5.74) is 8.87. The molecule has 0 aliphatic rings. The summed E-state index contributed by atoms with van der Waals surface area (Å²) in [4.78, 5) is 0. The van der Waals surface area contributed by atoms with Gasteiger partial charge in [0.2, 0.25) is 0 Å². The van der Waals surface area contributed by atoms with Gasteiger partial charge in [0.05, 0.1) is 11.4 Å². The SMILES string of the molecule is Nc1c(NCc2cc(F)cc(Cl)c2)ccc2nonc12. The molecule has 0 aliphatic heterocycles. The highest BCUT2D eigenvalue weighted by Gasteiger charge is 2.09. The van der Waals surface area contributed by atoms with Crippen LogP contribution in [0.4, 0.5) is 15.8 Å². The third-order valence-electron chi connectivity index (χ3n) is 2.87. The van der Waals surface area contributed by atoms with Gasteiger partial charge in [-0.05, 0) is 46.2 Å². The number of rotatable bonds is 3. The Hall–Kier alpha value is -2.34. The van der Waals surface area contributed by atoms with E-state index in [-0.39, 0.29) is 5.82 Å². The van der Waals surface area contributed by atoms with E-state index in [0.29, 0.717) is 39.5 Å². The molecule has 5 nitrogen and oxygen atoms in total. The fraction of sp³-hybridized carbons (Fsp3) is 0.0769. The van der Waals surface area contributed by atoms with Crippen molar-refractivity contribution in [1.29, 1.82) is 0 Å². The Labute approximate surface area is 118 Å². The quantitative estimate of drug-likeness (QED) is 0.725. The van der Waals surface area contributed by atoms with Crippen LogP contribution in [0.2, 0.25) is 5.02 Å². The lowest BCUT2D eigenvalue weighted by atomic mass is 10.2. The fourth-order valence-corrected chi connectivity index (χ4v) is 2.18. The minimum atomic E-state index is -0.376. The normalized spacial score (nSPS) is 10.9. The molecule has 2 aromatic carbocycles. The minimum absolute atomic E-state index is 0.353. The van der Waals surface area contributed by atoms with Crippen LogP contribution in [0.25, 0.3) is 11.0 Å². The Morgan fingerprint density at radius 1 is 1.25 bits per heavy atom. The van der Waals surface area contributed by atoms with Crippen molar-refractivity contribution in [2.45, 2.75) is 6.54 Å². The number of benzene rings is 2. The molecule has 0 radical (unpaired) electrons. The van der Waals surface area contributed by atoms with Crippen molar-refractivity contribution >= 4 is 34.0 Å². The van der Waals surface area contributed by atoms with Crippen LogP contribution in [-0.2, 0) is 6.54 Å². The van der Waals surface area contributed by atoms with E-state index >= 15 is 0 Å². The number of nitrogens with two attached hydrogens (primary N) is 1. The number of halogens is 2. The van der Waals surface area contributed by atoms with E-state index in [4.69, 9.17) is 17.3 Å². The highest BCUT2D eigenvalue weighted by Crippen LogP contribution is 2.26. The maximum atomic E-state index is 13.2. The molecule has 1 aromatic heterocycles. The van der Waals surface area contributed by atoms with Crippen molar-refractivity contribution in [1.82, 2.24) is 10.3 Å². The van der Waals surface area contributed by atoms with Crippen LogP contribution in [0.3, 0.4) is 0 Å². The Bertz CT molecular complexity index is 754. The largest absolute Gasteiger partial charge is 0.395 e. The first kappa shape index (κ1) is 12.7. The molecule has 3 N–H and O–H groups in total. The number of hydrogen-bond donors (Lipinski definition) is 2. The van der Waals surface area contributed by atoms with Crippen molar-refractivity contribution < 1.29 is 9.02 Å². The zero-order valence-corrected chi connectivity index (χ0v) is 11.0. The molecule has 0 saturated heterocycles. The monoisotopic (exact) mass is 292 g/mol. The van der Waals surface area contributed by atoms with Gasteiger partial charge in [0, 0.05) is 11.6 Å². The standard InChI is InChI=1S/C13H10ClFN4O/c14-8-3-7(4-9(15)5-8)6-17-10-1-2-11-13(12(10)16)19-20-18-11/h1-5,17H,6,16H2. The second-order valence-corrected chi connectivity index (χ2v) is 4.73. The van der Waals surface area contributed by atoms with Crippen LogP contribution in [-0.4, -0.2) is 10.3 Å². The molecule has 0 fully saturated rings.